The highest BCUT2D eigenvalue weighted by atomic mass is 19.1. The smallest absolute Gasteiger partial charge is 0.250 e. The second kappa shape index (κ2) is 4.79. The second-order valence-corrected chi connectivity index (χ2v) is 5.39. The van der Waals surface area contributed by atoms with Gasteiger partial charge in [-0.3, -0.25) is 14.5 Å². The minimum absolute atomic E-state index is 0.277. The zero-order chi connectivity index (χ0) is 16.1. The Bertz CT molecular complexity index is 715. The number of hydrogen-bond acceptors (Lipinski definition) is 4. The lowest BCUT2D eigenvalue weighted by atomic mass is 9.91. The molecule has 0 spiro atoms. The maximum absolute atomic E-state index is 14.0. The number of carbonyl (C=O) groups excluding carboxylic acids is 2. The lowest BCUT2D eigenvalue weighted by Gasteiger charge is -2.26. The fraction of sp³-hybridized carbons (Fsp3) is 0.333. The minimum atomic E-state index is -1.91. The highest BCUT2D eigenvalue weighted by Gasteiger charge is 2.51. The Labute approximate surface area is 124 Å². The number of carbonyl (C=O) groups is 2. The van der Waals surface area contributed by atoms with Gasteiger partial charge in [-0.15, -0.1) is 0 Å². The van der Waals surface area contributed by atoms with Crippen molar-refractivity contribution in [1.82, 2.24) is 4.90 Å². The number of nitrogens with zero attached hydrogens (tertiary/aromatic N) is 1. The predicted octanol–water partition coefficient (Wildman–Crippen LogP) is 2.13. The van der Waals surface area contributed by atoms with Crippen LogP contribution in [0.2, 0.25) is 0 Å². The number of Topliss-reactive ketones (excluding diaryl/α,β-unsaturated/α-hetero) is 1. The number of aliphatic hydroxyl groups is 1. The van der Waals surface area contributed by atoms with Gasteiger partial charge in [0.15, 0.2) is 0 Å². The highest BCUT2D eigenvalue weighted by molar-refractivity contribution is 6.03. The fourth-order valence-corrected chi connectivity index (χ4v) is 2.70. The molecule has 1 aromatic rings. The number of hydrogen-bond donors (Lipinski definition) is 1. The normalized spacial score (nSPS) is 25.1. The molecule has 0 aliphatic carbocycles. The van der Waals surface area contributed by atoms with Crippen LogP contribution in [0.4, 0.5) is 8.78 Å². The first-order chi connectivity index (χ1) is 10.3. The Morgan fingerprint density at radius 3 is 2.68 bits per heavy atom. The van der Waals surface area contributed by atoms with Gasteiger partial charge in [-0.2, -0.15) is 0 Å². The molecule has 3 rings (SSSR count). The van der Waals surface area contributed by atoms with Gasteiger partial charge in [0, 0.05) is 18.5 Å². The summed E-state index contributed by atoms with van der Waals surface area (Å²) in [4.78, 5) is 25.2. The molecule has 2 heterocycles. The third-order valence-electron chi connectivity index (χ3n) is 3.91. The predicted molar refractivity (Wildman–Crippen MR) is 70.4 cm³/mol. The molecule has 0 radical (unpaired) electrons. The largest absolute Gasteiger partial charge is 0.501 e. The number of amides is 1. The molecule has 1 aromatic carbocycles. The van der Waals surface area contributed by atoms with Gasteiger partial charge in [-0.25, -0.2) is 8.78 Å². The molecule has 1 N–H and O–H groups in total. The summed E-state index contributed by atoms with van der Waals surface area (Å²) in [5.74, 6) is -3.82. The molecule has 0 saturated carbocycles. The first kappa shape index (κ1) is 14.5. The quantitative estimate of drug-likeness (QED) is 0.909. The van der Waals surface area contributed by atoms with Crippen LogP contribution in [0.25, 0.3) is 0 Å². The van der Waals surface area contributed by atoms with Crippen molar-refractivity contribution in [2.24, 2.45) is 0 Å². The highest BCUT2D eigenvalue weighted by Crippen LogP contribution is 2.41. The van der Waals surface area contributed by atoms with Gasteiger partial charge in [0.25, 0.3) is 5.78 Å². The van der Waals surface area contributed by atoms with Crippen LogP contribution in [0, 0.1) is 11.6 Å². The average Bonchev–Trinajstić information content (AvgIpc) is 2.99. The lowest BCUT2D eigenvalue weighted by molar-refractivity contribution is -0.137. The van der Waals surface area contributed by atoms with Crippen LogP contribution >= 0.6 is 0 Å². The van der Waals surface area contributed by atoms with Crippen LogP contribution in [-0.2, 0) is 19.9 Å². The van der Waals surface area contributed by atoms with Crippen molar-refractivity contribution in [3.63, 3.8) is 0 Å². The monoisotopic (exact) mass is 309 g/mol. The van der Waals surface area contributed by atoms with Crippen LogP contribution in [0.15, 0.2) is 29.8 Å². The second-order valence-electron chi connectivity index (χ2n) is 5.39. The van der Waals surface area contributed by atoms with Crippen molar-refractivity contribution in [3.05, 3.63) is 47.0 Å². The molecule has 2 aliphatic heterocycles. The molecule has 2 aliphatic rings. The zero-order valence-electron chi connectivity index (χ0n) is 11.7. The standard InChI is InChI=1S/C15H13F2NO4/c1-15(9-7-8(16)4-5-10(9)17)13(21)12(20)14(22-15)18-6-2-3-11(18)19/h4-5,7,20H,2-3,6H2,1H3. The Morgan fingerprint density at radius 2 is 2.05 bits per heavy atom. The van der Waals surface area contributed by atoms with Crippen molar-refractivity contribution in [2.75, 3.05) is 6.54 Å². The molecule has 5 nitrogen and oxygen atoms in total. The topological polar surface area (TPSA) is 66.8 Å². The Morgan fingerprint density at radius 1 is 1.32 bits per heavy atom. The first-order valence-electron chi connectivity index (χ1n) is 6.77. The molecule has 0 bridgehead atoms. The van der Waals surface area contributed by atoms with Crippen LogP contribution in [0.3, 0.4) is 0 Å². The average molecular weight is 309 g/mol. The Hall–Kier alpha value is -2.44. The number of aliphatic hydroxyl groups excluding tert-OH is 1. The maximum Gasteiger partial charge on any atom is 0.250 e. The molecular formula is C15H13F2NO4. The third kappa shape index (κ3) is 1.96. The summed E-state index contributed by atoms with van der Waals surface area (Å²) in [6, 6.07) is 2.64. The van der Waals surface area contributed by atoms with Gasteiger partial charge in [-0.1, -0.05) is 0 Å². The number of halogens is 2. The van der Waals surface area contributed by atoms with Crippen LogP contribution in [-0.4, -0.2) is 28.2 Å². The number of ketones is 1. The molecule has 1 saturated heterocycles. The van der Waals surface area contributed by atoms with Crippen molar-refractivity contribution >= 4 is 11.7 Å². The van der Waals surface area contributed by atoms with Gasteiger partial charge in [0.1, 0.15) is 11.6 Å². The minimum Gasteiger partial charge on any atom is -0.501 e. The van der Waals surface area contributed by atoms with E-state index in [4.69, 9.17) is 4.74 Å². The summed E-state index contributed by atoms with van der Waals surface area (Å²) >= 11 is 0. The molecule has 1 fully saturated rings. The summed E-state index contributed by atoms with van der Waals surface area (Å²) in [5, 5.41) is 9.99. The molecule has 1 atom stereocenters. The van der Waals surface area contributed by atoms with Crippen molar-refractivity contribution in [2.45, 2.75) is 25.4 Å². The molecular weight excluding hydrogens is 296 g/mol. The molecule has 22 heavy (non-hydrogen) atoms. The van der Waals surface area contributed by atoms with E-state index in [9.17, 15) is 23.5 Å². The number of ether oxygens (including phenoxy) is 1. The molecule has 7 heteroatoms. The zero-order valence-corrected chi connectivity index (χ0v) is 11.7. The first-order valence-corrected chi connectivity index (χ1v) is 6.77. The van der Waals surface area contributed by atoms with E-state index < -0.39 is 28.8 Å². The molecule has 116 valence electrons. The summed E-state index contributed by atoms with van der Waals surface area (Å²) in [6.45, 7) is 1.53. The molecule has 0 aromatic heterocycles. The van der Waals surface area contributed by atoms with Gasteiger partial charge in [-0.05, 0) is 31.5 Å². The van der Waals surface area contributed by atoms with E-state index in [1.807, 2.05) is 0 Å². The number of rotatable bonds is 2. The number of likely N-dealkylation sites (tertiary alicyclic amines) is 1. The number of benzene rings is 1. The molecule has 1 unspecified atom stereocenters. The van der Waals surface area contributed by atoms with E-state index in [0.717, 1.165) is 23.1 Å². The van der Waals surface area contributed by atoms with Gasteiger partial charge in [0.05, 0.1) is 0 Å². The van der Waals surface area contributed by atoms with E-state index in [0.29, 0.717) is 13.0 Å². The van der Waals surface area contributed by atoms with Gasteiger partial charge in [0.2, 0.25) is 23.2 Å². The summed E-state index contributed by atoms with van der Waals surface area (Å²) < 4.78 is 32.8. The van der Waals surface area contributed by atoms with Crippen molar-refractivity contribution in [3.8, 4) is 0 Å². The van der Waals surface area contributed by atoms with E-state index in [-0.39, 0.29) is 23.8 Å². The molecule has 1 amide bonds. The fourth-order valence-electron chi connectivity index (χ4n) is 2.70. The van der Waals surface area contributed by atoms with Crippen molar-refractivity contribution < 1.29 is 28.2 Å². The summed E-state index contributed by atoms with van der Waals surface area (Å²) in [5.41, 5.74) is -2.24. The van der Waals surface area contributed by atoms with Crippen LogP contribution < -0.4 is 0 Å². The van der Waals surface area contributed by atoms with Gasteiger partial charge >= 0.3 is 0 Å². The van der Waals surface area contributed by atoms with Crippen molar-refractivity contribution in [1.29, 1.82) is 0 Å². The summed E-state index contributed by atoms with van der Waals surface area (Å²) in [7, 11) is 0. The van der Waals surface area contributed by atoms with Crippen LogP contribution in [0.1, 0.15) is 25.3 Å². The van der Waals surface area contributed by atoms with E-state index in [1.165, 1.54) is 6.92 Å². The summed E-state index contributed by atoms with van der Waals surface area (Å²) in [6.07, 6.45) is 0.845. The maximum atomic E-state index is 14.0. The van der Waals surface area contributed by atoms with E-state index >= 15 is 0 Å². The van der Waals surface area contributed by atoms with E-state index in [2.05, 4.69) is 0 Å². The lowest BCUT2D eigenvalue weighted by Crippen LogP contribution is -2.33. The Kier molecular flexibility index (Phi) is 3.16. The van der Waals surface area contributed by atoms with E-state index in [1.54, 1.807) is 0 Å². The third-order valence-corrected chi connectivity index (χ3v) is 3.91. The van der Waals surface area contributed by atoms with Gasteiger partial charge < -0.3 is 9.84 Å². The van der Waals surface area contributed by atoms with Crippen LogP contribution in [0.5, 0.6) is 0 Å². The SMILES string of the molecule is CC1(c2cc(F)ccc2F)OC(N2CCCC2=O)=C(O)C1=O. The Balaban J connectivity index is 2.03.